The Bertz CT molecular complexity index is 1050. The number of nitrogens with zero attached hydrogens (tertiary/aromatic N) is 4. The molecule has 4 rings (SSSR count). The molecule has 0 unspecified atom stereocenters. The second-order valence-electron chi connectivity index (χ2n) is 7.87. The van der Waals surface area contributed by atoms with Crippen LogP contribution in [0.25, 0.3) is 11.3 Å². The monoisotopic (exact) mass is 444 g/mol. The average molecular weight is 444 g/mol. The summed E-state index contributed by atoms with van der Waals surface area (Å²) in [5.41, 5.74) is 7.11. The fraction of sp³-hybridized carbons (Fsp3) is 0.429. The van der Waals surface area contributed by atoms with E-state index in [1.165, 1.54) is 19.2 Å². The first-order chi connectivity index (χ1) is 15.4. The van der Waals surface area contributed by atoms with Gasteiger partial charge < -0.3 is 25.6 Å². The van der Waals surface area contributed by atoms with Crippen molar-refractivity contribution in [2.45, 2.75) is 32.0 Å². The molecule has 0 radical (unpaired) electrons. The van der Waals surface area contributed by atoms with E-state index in [0.717, 1.165) is 0 Å². The molecule has 0 aliphatic carbocycles. The van der Waals surface area contributed by atoms with Crippen LogP contribution < -0.4 is 11.1 Å². The largest absolute Gasteiger partial charge is 0.453 e. The topological polar surface area (TPSA) is 123 Å². The minimum atomic E-state index is -0.678. The molecular weight excluding hydrogens is 419 g/mol. The third kappa shape index (κ3) is 4.23. The van der Waals surface area contributed by atoms with Gasteiger partial charge in [-0.1, -0.05) is 12.1 Å². The SMILES string of the molecule is COC(=O)N1CCC(NC(=O)N2CCn3nc(-c4cccc(F)c4)c(C(N)=O)c3C2)CC1. The number of halogens is 1. The molecule has 1 aromatic carbocycles. The van der Waals surface area contributed by atoms with Gasteiger partial charge in [0, 0.05) is 31.2 Å². The number of ether oxygens (including phenoxy) is 1. The zero-order chi connectivity index (χ0) is 22.8. The van der Waals surface area contributed by atoms with Crippen LogP contribution in [0.1, 0.15) is 28.9 Å². The van der Waals surface area contributed by atoms with E-state index in [-0.39, 0.29) is 30.3 Å². The summed E-state index contributed by atoms with van der Waals surface area (Å²) in [5.74, 6) is -1.12. The second kappa shape index (κ2) is 8.85. The van der Waals surface area contributed by atoms with E-state index in [9.17, 15) is 18.8 Å². The van der Waals surface area contributed by atoms with E-state index in [1.54, 1.807) is 26.6 Å². The van der Waals surface area contributed by atoms with Gasteiger partial charge in [0.2, 0.25) is 0 Å². The maximum Gasteiger partial charge on any atom is 0.409 e. The van der Waals surface area contributed by atoms with Crippen molar-refractivity contribution in [3.63, 3.8) is 0 Å². The van der Waals surface area contributed by atoms with Crippen molar-refractivity contribution in [3.05, 3.63) is 41.3 Å². The molecule has 1 saturated heterocycles. The zero-order valence-electron chi connectivity index (χ0n) is 17.7. The van der Waals surface area contributed by atoms with Crippen molar-refractivity contribution in [1.82, 2.24) is 24.9 Å². The van der Waals surface area contributed by atoms with Crippen molar-refractivity contribution < 1.29 is 23.5 Å². The Labute approximate surface area is 184 Å². The van der Waals surface area contributed by atoms with Crippen LogP contribution in [0, 0.1) is 5.82 Å². The van der Waals surface area contributed by atoms with Crippen LogP contribution in [0.15, 0.2) is 24.3 Å². The minimum absolute atomic E-state index is 0.0614. The fourth-order valence-electron chi connectivity index (χ4n) is 4.19. The number of hydrogen-bond acceptors (Lipinski definition) is 5. The van der Waals surface area contributed by atoms with Gasteiger partial charge in [0.25, 0.3) is 5.91 Å². The van der Waals surface area contributed by atoms with Crippen LogP contribution in [0.4, 0.5) is 14.0 Å². The summed E-state index contributed by atoms with van der Waals surface area (Å²) >= 11 is 0. The summed E-state index contributed by atoms with van der Waals surface area (Å²) < 4.78 is 20.1. The number of benzene rings is 1. The maximum absolute atomic E-state index is 13.7. The molecule has 0 spiro atoms. The molecule has 3 heterocycles. The number of piperidine rings is 1. The van der Waals surface area contributed by atoms with Crippen molar-refractivity contribution in [2.75, 3.05) is 26.7 Å². The first-order valence-corrected chi connectivity index (χ1v) is 10.4. The van der Waals surface area contributed by atoms with Gasteiger partial charge in [-0.3, -0.25) is 9.48 Å². The average Bonchev–Trinajstić information content (AvgIpc) is 3.18. The molecule has 2 aliphatic heterocycles. The molecule has 1 fully saturated rings. The molecule has 11 heteroatoms. The van der Waals surface area contributed by atoms with Crippen LogP contribution in [-0.4, -0.2) is 70.4 Å². The predicted molar refractivity (Wildman–Crippen MR) is 112 cm³/mol. The molecule has 32 heavy (non-hydrogen) atoms. The lowest BCUT2D eigenvalue weighted by Crippen LogP contribution is -2.51. The van der Waals surface area contributed by atoms with E-state index in [4.69, 9.17) is 10.5 Å². The molecule has 1 aromatic heterocycles. The first kappa shape index (κ1) is 21.6. The standard InChI is InChI=1S/C21H25FN6O4/c1-32-21(31)26-7-5-15(6-8-26)24-20(30)27-9-10-28-16(12-27)17(19(23)29)18(25-28)13-3-2-4-14(22)11-13/h2-4,11,15H,5-10,12H2,1H3,(H2,23,29)(H,24,30). The van der Waals surface area contributed by atoms with E-state index in [0.29, 0.717) is 56.0 Å². The van der Waals surface area contributed by atoms with Crippen LogP contribution in [0.2, 0.25) is 0 Å². The number of fused-ring (bicyclic) bond motifs is 1. The number of methoxy groups -OCH3 is 1. The van der Waals surface area contributed by atoms with Gasteiger partial charge in [0.05, 0.1) is 31.5 Å². The Balaban J connectivity index is 1.47. The molecular formula is C21H25FN6O4. The van der Waals surface area contributed by atoms with E-state index >= 15 is 0 Å². The van der Waals surface area contributed by atoms with Gasteiger partial charge in [-0.2, -0.15) is 5.10 Å². The number of amides is 4. The molecule has 10 nitrogen and oxygen atoms in total. The lowest BCUT2D eigenvalue weighted by atomic mass is 10.0. The van der Waals surface area contributed by atoms with Crippen molar-refractivity contribution in [3.8, 4) is 11.3 Å². The van der Waals surface area contributed by atoms with Crippen molar-refractivity contribution >= 4 is 18.0 Å². The van der Waals surface area contributed by atoms with Crippen molar-refractivity contribution in [2.24, 2.45) is 5.73 Å². The Morgan fingerprint density at radius 2 is 1.91 bits per heavy atom. The number of urea groups is 1. The lowest BCUT2D eigenvalue weighted by Gasteiger charge is -2.34. The molecule has 4 amide bonds. The summed E-state index contributed by atoms with van der Waals surface area (Å²) in [5, 5.41) is 7.47. The third-order valence-corrected chi connectivity index (χ3v) is 5.87. The number of aromatic nitrogens is 2. The molecule has 170 valence electrons. The predicted octanol–water partition coefficient (Wildman–Crippen LogP) is 1.54. The molecule has 0 atom stereocenters. The quantitative estimate of drug-likeness (QED) is 0.744. The summed E-state index contributed by atoms with van der Waals surface area (Å²) in [6.45, 7) is 1.97. The zero-order valence-corrected chi connectivity index (χ0v) is 17.7. The molecule has 0 bridgehead atoms. The number of likely N-dealkylation sites (tertiary alicyclic amines) is 1. The molecule has 0 saturated carbocycles. The first-order valence-electron chi connectivity index (χ1n) is 10.4. The van der Waals surface area contributed by atoms with Crippen LogP contribution in [-0.2, 0) is 17.8 Å². The highest BCUT2D eigenvalue weighted by molar-refractivity contribution is 6.00. The number of carbonyl (C=O) groups excluding carboxylic acids is 3. The third-order valence-electron chi connectivity index (χ3n) is 5.87. The molecule has 2 aromatic rings. The van der Waals surface area contributed by atoms with Crippen molar-refractivity contribution in [1.29, 1.82) is 0 Å². The number of carbonyl (C=O) groups is 3. The Morgan fingerprint density at radius 1 is 1.16 bits per heavy atom. The fourth-order valence-corrected chi connectivity index (χ4v) is 4.19. The highest BCUT2D eigenvalue weighted by Gasteiger charge is 2.31. The molecule has 2 aliphatic rings. The van der Waals surface area contributed by atoms with E-state index in [1.807, 2.05) is 0 Å². The van der Waals surface area contributed by atoms with E-state index in [2.05, 4.69) is 10.4 Å². The highest BCUT2D eigenvalue weighted by Crippen LogP contribution is 2.28. The van der Waals surface area contributed by atoms with Gasteiger partial charge >= 0.3 is 12.1 Å². The Morgan fingerprint density at radius 3 is 2.56 bits per heavy atom. The normalized spacial score (nSPS) is 16.4. The number of nitrogens with two attached hydrogens (primary N) is 1. The number of nitrogens with one attached hydrogen (secondary N) is 1. The van der Waals surface area contributed by atoms with Gasteiger partial charge in [-0.15, -0.1) is 0 Å². The summed E-state index contributed by atoms with van der Waals surface area (Å²) in [4.78, 5) is 39.9. The van der Waals surface area contributed by atoms with Crippen LogP contribution >= 0.6 is 0 Å². The van der Waals surface area contributed by atoms with Gasteiger partial charge in [-0.25, -0.2) is 14.0 Å². The number of hydrogen-bond donors (Lipinski definition) is 2. The molecule has 3 N–H and O–H groups in total. The Hall–Kier alpha value is -3.63. The highest BCUT2D eigenvalue weighted by atomic mass is 19.1. The van der Waals surface area contributed by atoms with Gasteiger partial charge in [0.1, 0.15) is 11.5 Å². The van der Waals surface area contributed by atoms with Gasteiger partial charge in [-0.05, 0) is 25.0 Å². The lowest BCUT2D eigenvalue weighted by molar-refractivity contribution is 0.0994. The van der Waals surface area contributed by atoms with Gasteiger partial charge in [0.15, 0.2) is 0 Å². The maximum atomic E-state index is 13.7. The smallest absolute Gasteiger partial charge is 0.409 e. The minimum Gasteiger partial charge on any atom is -0.453 e. The summed E-state index contributed by atoms with van der Waals surface area (Å²) in [6.07, 6.45) is 0.887. The summed E-state index contributed by atoms with van der Waals surface area (Å²) in [6, 6.07) is 5.50. The summed E-state index contributed by atoms with van der Waals surface area (Å²) in [7, 11) is 1.34. The second-order valence-corrected chi connectivity index (χ2v) is 7.87. The Kier molecular flexibility index (Phi) is 5.97. The number of primary amides is 1. The number of rotatable bonds is 3. The van der Waals surface area contributed by atoms with Crippen LogP contribution in [0.5, 0.6) is 0 Å². The van der Waals surface area contributed by atoms with Crippen LogP contribution in [0.3, 0.4) is 0 Å². The van der Waals surface area contributed by atoms with E-state index < -0.39 is 11.7 Å².